The van der Waals surface area contributed by atoms with Gasteiger partial charge in [0.2, 0.25) is 0 Å². The molecule has 0 fully saturated rings. The van der Waals surface area contributed by atoms with Crippen LogP contribution in [0.4, 0.5) is 0 Å². The summed E-state index contributed by atoms with van der Waals surface area (Å²) in [5, 5.41) is 11.8. The molecule has 0 aliphatic heterocycles. The van der Waals surface area contributed by atoms with Gasteiger partial charge in [0.1, 0.15) is 11.0 Å². The van der Waals surface area contributed by atoms with Crippen molar-refractivity contribution < 1.29 is 5.11 Å². The minimum absolute atomic E-state index is 0.165. The summed E-state index contributed by atoms with van der Waals surface area (Å²) in [6.45, 7) is 9.90. The number of aliphatic hydroxyl groups is 1. The van der Waals surface area contributed by atoms with Crippen LogP contribution in [-0.2, 0) is 18.7 Å². The van der Waals surface area contributed by atoms with E-state index in [9.17, 15) is 9.90 Å². The zero-order chi connectivity index (χ0) is 21.0. The Hall–Kier alpha value is -2.71. The van der Waals surface area contributed by atoms with Crippen LogP contribution in [0.5, 0.6) is 0 Å². The van der Waals surface area contributed by atoms with E-state index in [1.807, 2.05) is 24.5 Å². The van der Waals surface area contributed by atoms with E-state index in [4.69, 9.17) is 0 Å². The standard InChI is InChI=1S/C21H25N5O2S/c1-5-7-11-21(3,28)17-10-8-9-15(23-17)14-26-18-16(13-22-20(24-18)29-4)19(27)25(26)12-6-2/h5-6,8-10,13,28H,1-2,7,11-12,14H2,3-4H3. The van der Waals surface area contributed by atoms with Crippen LogP contribution in [0.1, 0.15) is 31.2 Å². The van der Waals surface area contributed by atoms with E-state index < -0.39 is 5.60 Å². The lowest BCUT2D eigenvalue weighted by molar-refractivity contribution is 0.0441. The molecule has 0 aliphatic carbocycles. The molecule has 1 unspecified atom stereocenters. The van der Waals surface area contributed by atoms with Gasteiger partial charge < -0.3 is 5.11 Å². The van der Waals surface area contributed by atoms with Crippen molar-refractivity contribution in [3.05, 3.63) is 71.4 Å². The van der Waals surface area contributed by atoms with E-state index >= 15 is 0 Å². The Morgan fingerprint density at radius 3 is 2.72 bits per heavy atom. The van der Waals surface area contributed by atoms with E-state index in [1.165, 1.54) is 11.8 Å². The van der Waals surface area contributed by atoms with E-state index in [0.29, 0.717) is 47.8 Å². The quantitative estimate of drug-likeness (QED) is 0.331. The largest absolute Gasteiger partial charge is 0.384 e. The average molecular weight is 412 g/mol. The van der Waals surface area contributed by atoms with Crippen molar-refractivity contribution in [1.82, 2.24) is 24.3 Å². The molecule has 3 rings (SSSR count). The highest BCUT2D eigenvalue weighted by atomic mass is 32.2. The molecule has 0 saturated heterocycles. The molecule has 3 aromatic rings. The molecule has 152 valence electrons. The monoisotopic (exact) mass is 411 g/mol. The molecular weight excluding hydrogens is 386 g/mol. The maximum absolute atomic E-state index is 12.8. The van der Waals surface area contributed by atoms with Crippen molar-refractivity contribution in [3.8, 4) is 0 Å². The number of rotatable bonds is 9. The van der Waals surface area contributed by atoms with E-state index in [1.54, 1.807) is 34.6 Å². The van der Waals surface area contributed by atoms with Crippen LogP contribution in [-0.4, -0.2) is 35.7 Å². The zero-order valence-electron chi connectivity index (χ0n) is 16.7. The fourth-order valence-electron chi connectivity index (χ4n) is 3.16. The van der Waals surface area contributed by atoms with E-state index in [-0.39, 0.29) is 5.56 Å². The summed E-state index contributed by atoms with van der Waals surface area (Å²) in [6.07, 6.45) is 8.13. The van der Waals surface area contributed by atoms with Crippen LogP contribution in [0, 0.1) is 0 Å². The van der Waals surface area contributed by atoms with E-state index in [0.717, 1.165) is 5.69 Å². The maximum Gasteiger partial charge on any atom is 0.278 e. The topological polar surface area (TPSA) is 85.8 Å². The molecule has 3 heterocycles. The molecule has 0 aromatic carbocycles. The Bertz CT molecular complexity index is 1100. The predicted molar refractivity (Wildman–Crippen MR) is 116 cm³/mol. The first-order valence-electron chi connectivity index (χ1n) is 9.32. The number of pyridine rings is 1. The second-order valence-electron chi connectivity index (χ2n) is 6.94. The highest BCUT2D eigenvalue weighted by Crippen LogP contribution is 2.25. The molecule has 7 nitrogen and oxygen atoms in total. The first-order chi connectivity index (χ1) is 13.9. The number of thioether (sulfide) groups is 1. The van der Waals surface area contributed by atoms with Gasteiger partial charge in [-0.05, 0) is 38.2 Å². The van der Waals surface area contributed by atoms with Crippen molar-refractivity contribution in [2.24, 2.45) is 0 Å². The molecule has 3 aromatic heterocycles. The van der Waals surface area contributed by atoms with Gasteiger partial charge in [0.15, 0.2) is 10.8 Å². The SMILES string of the molecule is C=CCCC(C)(O)c1cccc(Cn2c3nc(SC)ncc3c(=O)n2CC=C)n1. The van der Waals surface area contributed by atoms with Gasteiger partial charge in [0.25, 0.3) is 5.56 Å². The van der Waals surface area contributed by atoms with E-state index in [2.05, 4.69) is 28.1 Å². The predicted octanol–water partition coefficient (Wildman–Crippen LogP) is 3.12. The number of fused-ring (bicyclic) bond motifs is 1. The number of hydrogen-bond donors (Lipinski definition) is 1. The second-order valence-corrected chi connectivity index (χ2v) is 7.72. The van der Waals surface area contributed by atoms with Crippen LogP contribution in [0.25, 0.3) is 11.0 Å². The molecule has 29 heavy (non-hydrogen) atoms. The Morgan fingerprint density at radius 1 is 1.24 bits per heavy atom. The van der Waals surface area contributed by atoms with Crippen molar-refractivity contribution >= 4 is 22.8 Å². The molecule has 8 heteroatoms. The van der Waals surface area contributed by atoms with Crippen LogP contribution in [0.15, 0.2) is 59.7 Å². The third kappa shape index (κ3) is 4.33. The Labute approximate surface area is 173 Å². The molecule has 1 atom stereocenters. The van der Waals surface area contributed by atoms with Crippen molar-refractivity contribution in [3.63, 3.8) is 0 Å². The van der Waals surface area contributed by atoms with Crippen LogP contribution in [0.3, 0.4) is 0 Å². The van der Waals surface area contributed by atoms with Gasteiger partial charge in [-0.25, -0.2) is 14.6 Å². The fourth-order valence-corrected chi connectivity index (χ4v) is 3.50. The third-order valence-electron chi connectivity index (χ3n) is 4.74. The summed E-state index contributed by atoms with van der Waals surface area (Å²) >= 11 is 1.42. The molecular formula is C21H25N5O2S. The molecule has 0 spiro atoms. The molecule has 0 radical (unpaired) electrons. The van der Waals surface area contributed by atoms with Crippen LogP contribution in [0.2, 0.25) is 0 Å². The first kappa shape index (κ1) is 21.0. The van der Waals surface area contributed by atoms with Gasteiger partial charge in [-0.2, -0.15) is 0 Å². The summed E-state index contributed by atoms with van der Waals surface area (Å²) in [5.41, 5.74) is 0.645. The Kier molecular flexibility index (Phi) is 6.34. The summed E-state index contributed by atoms with van der Waals surface area (Å²) in [6, 6.07) is 5.55. The second kappa shape index (κ2) is 8.75. The third-order valence-corrected chi connectivity index (χ3v) is 5.30. The smallest absolute Gasteiger partial charge is 0.278 e. The maximum atomic E-state index is 12.8. The number of hydrogen-bond acceptors (Lipinski definition) is 6. The molecule has 1 N–H and O–H groups in total. The van der Waals surface area contributed by atoms with Crippen molar-refractivity contribution in [2.45, 2.75) is 43.6 Å². The summed E-state index contributed by atoms with van der Waals surface area (Å²) in [5.74, 6) is 0. The fraction of sp³-hybridized carbons (Fsp3) is 0.333. The minimum atomic E-state index is -1.06. The van der Waals surface area contributed by atoms with Gasteiger partial charge in [-0.1, -0.05) is 30.0 Å². The zero-order valence-corrected chi connectivity index (χ0v) is 17.5. The summed E-state index contributed by atoms with van der Waals surface area (Å²) in [4.78, 5) is 26.2. The number of allylic oxidation sites excluding steroid dienone is 2. The minimum Gasteiger partial charge on any atom is -0.384 e. The van der Waals surface area contributed by atoms with Gasteiger partial charge >= 0.3 is 0 Å². The van der Waals surface area contributed by atoms with Crippen molar-refractivity contribution in [1.29, 1.82) is 0 Å². The lowest BCUT2D eigenvalue weighted by Crippen LogP contribution is -2.25. The molecule has 0 aliphatic rings. The van der Waals surface area contributed by atoms with Gasteiger partial charge in [-0.3, -0.25) is 14.5 Å². The van der Waals surface area contributed by atoms with Crippen LogP contribution >= 0.6 is 11.8 Å². The number of nitrogens with zero attached hydrogens (tertiary/aromatic N) is 5. The first-order valence-corrected chi connectivity index (χ1v) is 10.5. The highest BCUT2D eigenvalue weighted by molar-refractivity contribution is 7.98. The summed E-state index contributed by atoms with van der Waals surface area (Å²) in [7, 11) is 0. The van der Waals surface area contributed by atoms with Crippen molar-refractivity contribution in [2.75, 3.05) is 6.26 Å². The lowest BCUT2D eigenvalue weighted by Gasteiger charge is -2.22. The summed E-state index contributed by atoms with van der Waals surface area (Å²) < 4.78 is 3.38. The highest BCUT2D eigenvalue weighted by Gasteiger charge is 2.24. The number of aromatic nitrogens is 5. The molecule has 0 bridgehead atoms. The van der Waals surface area contributed by atoms with Gasteiger partial charge in [-0.15, -0.1) is 13.2 Å². The normalized spacial score (nSPS) is 13.3. The van der Waals surface area contributed by atoms with Gasteiger partial charge in [0.05, 0.1) is 24.5 Å². The molecule has 0 amide bonds. The van der Waals surface area contributed by atoms with Crippen LogP contribution < -0.4 is 5.56 Å². The van der Waals surface area contributed by atoms with Gasteiger partial charge in [0, 0.05) is 6.20 Å². The molecule has 0 saturated carbocycles. The lowest BCUT2D eigenvalue weighted by atomic mass is 9.95. The average Bonchev–Trinajstić information content (AvgIpc) is 2.98. The Balaban J connectivity index is 2.07. The Morgan fingerprint density at radius 2 is 2.03 bits per heavy atom.